The van der Waals surface area contributed by atoms with Gasteiger partial charge in [0.15, 0.2) is 0 Å². The van der Waals surface area contributed by atoms with Gasteiger partial charge >= 0.3 is 0 Å². The van der Waals surface area contributed by atoms with E-state index >= 15 is 0 Å². The Labute approximate surface area is 153 Å². The van der Waals surface area contributed by atoms with Crippen LogP contribution in [-0.2, 0) is 0 Å². The third-order valence-corrected chi connectivity index (χ3v) is 5.40. The maximum absolute atomic E-state index is 5.03. The van der Waals surface area contributed by atoms with Crippen molar-refractivity contribution >= 4 is 34.0 Å². The molecule has 0 radical (unpaired) electrons. The van der Waals surface area contributed by atoms with Crippen molar-refractivity contribution in [1.29, 1.82) is 0 Å². The summed E-state index contributed by atoms with van der Waals surface area (Å²) in [6.45, 7) is 13.7. The van der Waals surface area contributed by atoms with E-state index in [4.69, 9.17) is 9.98 Å². The van der Waals surface area contributed by atoms with Gasteiger partial charge in [0.2, 0.25) is 0 Å². The maximum atomic E-state index is 5.03. The van der Waals surface area contributed by atoms with Crippen LogP contribution in [0.5, 0.6) is 0 Å². The van der Waals surface area contributed by atoms with E-state index in [1.807, 2.05) is 25.3 Å². The first-order valence-corrected chi connectivity index (χ1v) is 9.05. The lowest BCUT2D eigenvalue weighted by molar-refractivity contribution is 0.719. The summed E-state index contributed by atoms with van der Waals surface area (Å²) in [4.78, 5) is 14.5. The molecule has 0 amide bonds. The zero-order valence-electron chi connectivity index (χ0n) is 15.8. The predicted octanol–water partition coefficient (Wildman–Crippen LogP) is 3.09. The van der Waals surface area contributed by atoms with Crippen molar-refractivity contribution < 1.29 is 0 Å². The molecule has 0 fully saturated rings. The Balaban J connectivity index is 2.52. The topological polar surface area (TPSA) is 38.1 Å². The first kappa shape index (κ1) is 16.6. The number of aryl methyl sites for hydroxylation is 2. The molecule has 0 saturated heterocycles. The quantitative estimate of drug-likeness (QED) is 0.630. The molecule has 0 spiro atoms. The second-order valence-corrected chi connectivity index (χ2v) is 7.21. The largest absolute Gasteiger partial charge is 0.283 e. The fraction of sp³-hybridized carbons (Fsp3) is 0.261. The molecule has 26 heavy (non-hydrogen) atoms. The molecule has 0 N–H and O–H groups in total. The summed E-state index contributed by atoms with van der Waals surface area (Å²) >= 11 is 0. The van der Waals surface area contributed by atoms with Crippen molar-refractivity contribution in [2.45, 2.75) is 27.7 Å². The van der Waals surface area contributed by atoms with Gasteiger partial charge in [-0.3, -0.25) is 15.0 Å². The van der Waals surface area contributed by atoms with Gasteiger partial charge in [-0.1, -0.05) is 37.3 Å². The molecule has 130 valence electrons. The van der Waals surface area contributed by atoms with Gasteiger partial charge in [-0.15, -0.1) is 0 Å². The van der Waals surface area contributed by atoms with Crippen LogP contribution in [0.25, 0.3) is 34.0 Å². The Morgan fingerprint density at radius 2 is 1.81 bits per heavy atom. The van der Waals surface area contributed by atoms with Crippen LogP contribution in [0, 0.1) is 19.8 Å². The number of hydrogen-bond acceptors (Lipinski definition) is 3. The van der Waals surface area contributed by atoms with Gasteiger partial charge < -0.3 is 0 Å². The maximum Gasteiger partial charge on any atom is 0.0826 e. The summed E-state index contributed by atoms with van der Waals surface area (Å²) in [5, 5.41) is 5.24. The van der Waals surface area contributed by atoms with E-state index in [-0.39, 0.29) is 0 Å². The van der Waals surface area contributed by atoms with Crippen LogP contribution >= 0.6 is 0 Å². The number of hydrogen-bond donors (Lipinski definition) is 0. The SMILES string of the molecule is C=c1c2c(c3nc(C)ccccc(C)c4ccnc1c43)=C(C)C(C)CN=2. The van der Waals surface area contributed by atoms with Crippen LogP contribution in [0.4, 0.5) is 0 Å². The smallest absolute Gasteiger partial charge is 0.0826 e. The zero-order valence-corrected chi connectivity index (χ0v) is 15.8. The fourth-order valence-electron chi connectivity index (χ4n) is 3.73. The van der Waals surface area contributed by atoms with E-state index in [0.29, 0.717) is 5.92 Å². The molecule has 2 aromatic heterocycles. The monoisotopic (exact) mass is 341 g/mol. The fourth-order valence-corrected chi connectivity index (χ4v) is 3.73. The average Bonchev–Trinajstić information content (AvgIpc) is 2.63. The van der Waals surface area contributed by atoms with Crippen LogP contribution in [0.15, 0.2) is 41.5 Å². The standard InChI is InChI=1S/C23H23N3/c1-13-8-6-7-9-15(3)26-23-19-16(4)14(2)12-25-21(19)17(5)22-20(23)18(13)10-11-24-22/h6-11,14H,5,12H2,1-4H3. The number of nitrogens with zero attached hydrogens (tertiary/aromatic N) is 3. The Hall–Kier alpha value is -2.81. The first-order valence-electron chi connectivity index (χ1n) is 9.05. The minimum atomic E-state index is 0.405. The molecule has 3 aromatic rings. The first-order chi connectivity index (χ1) is 12.5. The Morgan fingerprint density at radius 1 is 1.04 bits per heavy atom. The highest BCUT2D eigenvalue weighted by molar-refractivity contribution is 6.07. The van der Waals surface area contributed by atoms with E-state index in [2.05, 4.69) is 50.5 Å². The molecular formula is C23H23N3. The summed E-state index contributed by atoms with van der Waals surface area (Å²) in [5.41, 5.74) is 5.37. The molecule has 3 nitrogen and oxygen atoms in total. The third-order valence-electron chi connectivity index (χ3n) is 5.40. The molecule has 1 atom stereocenters. The van der Waals surface area contributed by atoms with Crippen molar-refractivity contribution in [2.75, 3.05) is 6.54 Å². The number of pyridine rings is 1. The molecule has 1 aromatic carbocycles. The molecule has 0 bridgehead atoms. The van der Waals surface area contributed by atoms with E-state index in [1.165, 1.54) is 11.1 Å². The lowest BCUT2D eigenvalue weighted by Gasteiger charge is -2.16. The van der Waals surface area contributed by atoms with Gasteiger partial charge in [0, 0.05) is 34.3 Å². The van der Waals surface area contributed by atoms with Crippen LogP contribution in [0.1, 0.15) is 25.1 Å². The van der Waals surface area contributed by atoms with Gasteiger partial charge in [-0.2, -0.15) is 0 Å². The summed E-state index contributed by atoms with van der Waals surface area (Å²) in [6.07, 6.45) is 1.86. The molecular weight excluding hydrogens is 318 g/mol. The predicted molar refractivity (Wildman–Crippen MR) is 109 cm³/mol. The number of fused-ring (bicyclic) bond motifs is 2. The van der Waals surface area contributed by atoms with Crippen LogP contribution in [0.3, 0.4) is 0 Å². The molecule has 3 heteroatoms. The minimum absolute atomic E-state index is 0.405. The van der Waals surface area contributed by atoms with E-state index < -0.39 is 0 Å². The van der Waals surface area contributed by atoms with Gasteiger partial charge in [0.1, 0.15) is 0 Å². The Morgan fingerprint density at radius 3 is 2.62 bits per heavy atom. The lowest BCUT2D eigenvalue weighted by atomic mass is 9.94. The van der Waals surface area contributed by atoms with Gasteiger partial charge in [0.25, 0.3) is 0 Å². The minimum Gasteiger partial charge on any atom is -0.283 e. The van der Waals surface area contributed by atoms with Crippen molar-refractivity contribution in [3.05, 3.63) is 63.6 Å². The average molecular weight is 341 g/mol. The van der Waals surface area contributed by atoms with E-state index in [9.17, 15) is 0 Å². The highest BCUT2D eigenvalue weighted by Gasteiger charge is 2.16. The summed E-state index contributed by atoms with van der Waals surface area (Å²) in [7, 11) is 0. The van der Waals surface area contributed by atoms with Crippen LogP contribution in [0.2, 0.25) is 0 Å². The number of aromatic nitrogens is 2. The molecule has 1 unspecified atom stereocenters. The molecule has 1 aliphatic rings. The van der Waals surface area contributed by atoms with Gasteiger partial charge in [-0.05, 0) is 49.8 Å². The Bertz CT molecular complexity index is 1270. The summed E-state index contributed by atoms with van der Waals surface area (Å²) < 4.78 is 0. The van der Waals surface area contributed by atoms with Crippen molar-refractivity contribution in [1.82, 2.24) is 9.97 Å². The van der Waals surface area contributed by atoms with E-state index in [0.717, 1.165) is 49.8 Å². The second-order valence-electron chi connectivity index (χ2n) is 7.21. The second kappa shape index (κ2) is 6.17. The van der Waals surface area contributed by atoms with Crippen molar-refractivity contribution in [2.24, 2.45) is 10.9 Å². The summed E-state index contributed by atoms with van der Waals surface area (Å²) in [5.74, 6) is 0.405. The molecule has 4 rings (SSSR count). The Kier molecular flexibility index (Phi) is 3.95. The van der Waals surface area contributed by atoms with E-state index in [1.54, 1.807) is 0 Å². The highest BCUT2D eigenvalue weighted by Crippen LogP contribution is 2.21. The normalized spacial score (nSPS) is 16.3. The van der Waals surface area contributed by atoms with Crippen molar-refractivity contribution in [3.63, 3.8) is 0 Å². The lowest BCUT2D eigenvalue weighted by Crippen LogP contribution is -2.45. The van der Waals surface area contributed by atoms with Gasteiger partial charge in [-0.25, -0.2) is 0 Å². The molecule has 3 heterocycles. The number of benzene rings is 1. The molecule has 0 saturated carbocycles. The van der Waals surface area contributed by atoms with Crippen molar-refractivity contribution in [3.8, 4) is 0 Å². The summed E-state index contributed by atoms with van der Waals surface area (Å²) in [6, 6.07) is 10.4. The van der Waals surface area contributed by atoms with Crippen LogP contribution < -0.4 is 15.8 Å². The van der Waals surface area contributed by atoms with Gasteiger partial charge in [0.05, 0.1) is 16.4 Å². The highest BCUT2D eigenvalue weighted by atomic mass is 14.8. The molecule has 0 aliphatic carbocycles. The number of rotatable bonds is 0. The zero-order chi connectivity index (χ0) is 18.4. The van der Waals surface area contributed by atoms with Crippen LogP contribution in [-0.4, -0.2) is 16.5 Å². The third kappa shape index (κ3) is 2.47. The molecule has 1 aliphatic heterocycles.